The molecule has 37 heavy (non-hydrogen) atoms. The number of nitrogens with one attached hydrogen (secondary N) is 1. The van der Waals surface area contributed by atoms with Crippen molar-refractivity contribution in [3.05, 3.63) is 22.7 Å². The first kappa shape index (κ1) is 28.0. The number of carbonyl (C=O) groups is 2. The van der Waals surface area contributed by atoms with E-state index in [1.807, 2.05) is 6.92 Å². The second kappa shape index (κ2) is 13.6. The Morgan fingerprint density at radius 3 is 2.70 bits per heavy atom. The van der Waals surface area contributed by atoms with E-state index in [0.29, 0.717) is 54.1 Å². The minimum absolute atomic E-state index is 0.0455. The summed E-state index contributed by atoms with van der Waals surface area (Å²) in [7, 11) is 0. The Bertz CT molecular complexity index is 924. The van der Waals surface area contributed by atoms with Crippen LogP contribution in [0.1, 0.15) is 55.8 Å². The Labute approximate surface area is 224 Å². The van der Waals surface area contributed by atoms with Gasteiger partial charge >= 0.3 is 5.97 Å². The first-order valence-electron chi connectivity index (χ1n) is 13.7. The highest BCUT2D eigenvalue weighted by Crippen LogP contribution is 2.30. The molecule has 4 aliphatic rings. The lowest BCUT2D eigenvalue weighted by molar-refractivity contribution is -0.158. The third kappa shape index (κ3) is 7.96. The number of amides is 1. The summed E-state index contributed by atoms with van der Waals surface area (Å²) in [4.78, 5) is 29.9. The van der Waals surface area contributed by atoms with Crippen molar-refractivity contribution in [3.63, 3.8) is 0 Å². The van der Waals surface area contributed by atoms with E-state index in [1.165, 1.54) is 6.07 Å². The molecule has 0 saturated carbocycles. The summed E-state index contributed by atoms with van der Waals surface area (Å²) in [6.45, 7) is 9.08. The topological polar surface area (TPSA) is 106 Å². The van der Waals surface area contributed by atoms with Crippen LogP contribution in [0.15, 0.2) is 12.1 Å². The molecule has 1 amide bonds. The standard InChI is InChI=1S/C27H41ClN4O5/c1-2-35-24-15-23(29)22(28)14-21(24)27(34)30-16-20-17-31(12-13-36-20)9-5-3-4-6-26(33)37-25-18-32-10-7-19(25)8-11-32/h14-15,19-20,25H,2-13,16-18,29H2,1H3,(H,30,34)/t20-,25+/m0/s1. The number of hydrogen-bond donors (Lipinski definition) is 2. The highest BCUT2D eigenvalue weighted by molar-refractivity contribution is 6.33. The Morgan fingerprint density at radius 1 is 1.16 bits per heavy atom. The van der Waals surface area contributed by atoms with Crippen LogP contribution in [0.2, 0.25) is 5.02 Å². The number of unbranched alkanes of at least 4 members (excludes halogenated alkanes) is 2. The number of halogens is 1. The SMILES string of the molecule is CCOc1cc(N)c(Cl)cc1C(=O)NC[C@H]1CN(CCCCCC(=O)O[C@@H]2CN3CCC2CC3)CCO1. The molecule has 2 bridgehead atoms. The minimum Gasteiger partial charge on any atom is -0.493 e. The average Bonchev–Trinajstić information content (AvgIpc) is 2.90. The van der Waals surface area contributed by atoms with E-state index in [9.17, 15) is 9.59 Å². The normalized spacial score (nSPS) is 25.6. The van der Waals surface area contributed by atoms with Crippen molar-refractivity contribution < 1.29 is 23.8 Å². The van der Waals surface area contributed by atoms with E-state index in [2.05, 4.69) is 15.1 Å². The monoisotopic (exact) mass is 536 g/mol. The maximum Gasteiger partial charge on any atom is 0.306 e. The molecule has 206 valence electrons. The Balaban J connectivity index is 1.12. The number of esters is 1. The zero-order valence-electron chi connectivity index (χ0n) is 21.9. The lowest BCUT2D eigenvalue weighted by atomic mass is 9.86. The molecule has 4 fully saturated rings. The Hall–Kier alpha value is -2.07. The molecule has 4 aliphatic heterocycles. The van der Waals surface area contributed by atoms with Gasteiger partial charge in [-0.25, -0.2) is 0 Å². The molecule has 1 aromatic carbocycles. The van der Waals surface area contributed by atoms with E-state index in [1.54, 1.807) is 6.07 Å². The lowest BCUT2D eigenvalue weighted by Crippen LogP contribution is -2.51. The molecule has 1 aromatic rings. The van der Waals surface area contributed by atoms with Crippen LogP contribution in [0.4, 0.5) is 5.69 Å². The fourth-order valence-electron chi connectivity index (χ4n) is 5.48. The fraction of sp³-hybridized carbons (Fsp3) is 0.704. The van der Waals surface area contributed by atoms with Gasteiger partial charge in [0.25, 0.3) is 5.91 Å². The van der Waals surface area contributed by atoms with E-state index < -0.39 is 0 Å². The molecule has 4 heterocycles. The number of hydrogen-bond acceptors (Lipinski definition) is 8. The van der Waals surface area contributed by atoms with E-state index in [-0.39, 0.29) is 24.1 Å². The van der Waals surface area contributed by atoms with Crippen molar-refractivity contribution in [2.24, 2.45) is 5.92 Å². The van der Waals surface area contributed by atoms with Crippen LogP contribution in [0.5, 0.6) is 5.75 Å². The van der Waals surface area contributed by atoms with Gasteiger partial charge in [0.05, 0.1) is 35.6 Å². The maximum atomic E-state index is 12.8. The molecular weight excluding hydrogens is 496 g/mol. The first-order chi connectivity index (χ1) is 17.9. The largest absolute Gasteiger partial charge is 0.493 e. The molecule has 0 radical (unpaired) electrons. The van der Waals surface area contributed by atoms with Gasteiger partial charge < -0.3 is 25.3 Å². The molecule has 0 aliphatic carbocycles. The van der Waals surface area contributed by atoms with E-state index in [4.69, 9.17) is 31.5 Å². The maximum absolute atomic E-state index is 12.8. The number of nitrogen functional groups attached to an aromatic ring is 1. The number of nitrogens with zero attached hydrogens (tertiary/aromatic N) is 2. The summed E-state index contributed by atoms with van der Waals surface area (Å²) in [5, 5.41) is 3.26. The van der Waals surface area contributed by atoms with Gasteiger partial charge in [0, 0.05) is 38.7 Å². The van der Waals surface area contributed by atoms with Crippen molar-refractivity contribution >= 4 is 29.2 Å². The molecular formula is C27H41ClN4O5. The number of ether oxygens (including phenoxy) is 3. The smallest absolute Gasteiger partial charge is 0.306 e. The summed E-state index contributed by atoms with van der Waals surface area (Å²) < 4.78 is 17.2. The van der Waals surface area contributed by atoms with Gasteiger partial charge in [0.15, 0.2) is 0 Å². The highest BCUT2D eigenvalue weighted by Gasteiger charge is 2.36. The molecule has 4 saturated heterocycles. The van der Waals surface area contributed by atoms with Crippen LogP contribution in [0, 0.1) is 5.92 Å². The number of nitrogens with two attached hydrogens (primary N) is 1. The van der Waals surface area contributed by atoms with Gasteiger partial charge in [0.2, 0.25) is 0 Å². The van der Waals surface area contributed by atoms with Crippen molar-refractivity contribution in [2.75, 3.05) is 64.8 Å². The average molecular weight is 537 g/mol. The molecule has 9 nitrogen and oxygen atoms in total. The molecule has 0 aromatic heterocycles. The van der Waals surface area contributed by atoms with Crippen molar-refractivity contribution in [1.29, 1.82) is 0 Å². The number of carbonyl (C=O) groups excluding carboxylic acids is 2. The number of benzene rings is 1. The second-order valence-electron chi connectivity index (χ2n) is 10.3. The summed E-state index contributed by atoms with van der Waals surface area (Å²) in [5.41, 5.74) is 6.59. The zero-order valence-corrected chi connectivity index (χ0v) is 22.6. The van der Waals surface area contributed by atoms with Crippen LogP contribution in [0.3, 0.4) is 0 Å². The highest BCUT2D eigenvalue weighted by atomic mass is 35.5. The second-order valence-corrected chi connectivity index (χ2v) is 10.7. The molecule has 5 rings (SSSR count). The van der Waals surface area contributed by atoms with Crippen LogP contribution < -0.4 is 15.8 Å². The minimum atomic E-state index is -0.267. The lowest BCUT2D eigenvalue weighted by Gasteiger charge is -2.43. The molecule has 0 spiro atoms. The Morgan fingerprint density at radius 2 is 1.97 bits per heavy atom. The van der Waals surface area contributed by atoms with Crippen molar-refractivity contribution in [3.8, 4) is 5.75 Å². The van der Waals surface area contributed by atoms with Gasteiger partial charge in [-0.05, 0) is 64.2 Å². The van der Waals surface area contributed by atoms with E-state index in [0.717, 1.165) is 71.4 Å². The van der Waals surface area contributed by atoms with Gasteiger partial charge in [-0.15, -0.1) is 0 Å². The van der Waals surface area contributed by atoms with Gasteiger partial charge in [-0.3, -0.25) is 19.4 Å². The summed E-state index contributed by atoms with van der Waals surface area (Å²) in [5.74, 6) is 0.664. The van der Waals surface area contributed by atoms with Gasteiger partial charge in [-0.1, -0.05) is 18.0 Å². The summed E-state index contributed by atoms with van der Waals surface area (Å²) >= 11 is 6.12. The van der Waals surface area contributed by atoms with Crippen molar-refractivity contribution in [1.82, 2.24) is 15.1 Å². The van der Waals surface area contributed by atoms with Crippen LogP contribution in [0.25, 0.3) is 0 Å². The van der Waals surface area contributed by atoms with E-state index >= 15 is 0 Å². The third-order valence-corrected chi connectivity index (χ3v) is 7.92. The molecule has 3 N–H and O–H groups in total. The summed E-state index contributed by atoms with van der Waals surface area (Å²) in [6, 6.07) is 3.12. The summed E-state index contributed by atoms with van der Waals surface area (Å²) in [6.07, 6.45) is 5.70. The number of fused-ring (bicyclic) bond motifs is 3. The van der Waals surface area contributed by atoms with Crippen molar-refractivity contribution in [2.45, 2.75) is 57.7 Å². The molecule has 0 unspecified atom stereocenters. The van der Waals surface area contributed by atoms with Gasteiger partial charge in [-0.2, -0.15) is 0 Å². The first-order valence-corrected chi connectivity index (χ1v) is 14.1. The van der Waals surface area contributed by atoms with Crippen LogP contribution in [-0.2, 0) is 14.3 Å². The predicted molar refractivity (Wildman–Crippen MR) is 143 cm³/mol. The zero-order chi connectivity index (χ0) is 26.2. The quantitative estimate of drug-likeness (QED) is 0.238. The number of piperidine rings is 3. The molecule has 2 atom stereocenters. The fourth-order valence-corrected chi connectivity index (χ4v) is 5.65. The Kier molecular flexibility index (Phi) is 10.3. The molecule has 10 heteroatoms. The number of morpholine rings is 1. The van der Waals surface area contributed by atoms with Crippen LogP contribution >= 0.6 is 11.6 Å². The predicted octanol–water partition coefficient (Wildman–Crippen LogP) is 2.95. The number of anilines is 1. The number of rotatable bonds is 12. The third-order valence-electron chi connectivity index (χ3n) is 7.59. The van der Waals surface area contributed by atoms with Gasteiger partial charge in [0.1, 0.15) is 11.9 Å². The van der Waals surface area contributed by atoms with Crippen LogP contribution in [-0.4, -0.2) is 92.9 Å².